The van der Waals surface area contributed by atoms with Crippen LogP contribution < -0.4 is 10.6 Å². The third-order valence-electron chi connectivity index (χ3n) is 8.06. The molecule has 3 fully saturated rings. The predicted octanol–water partition coefficient (Wildman–Crippen LogP) is 2.08. The first-order chi connectivity index (χ1) is 16.5. The van der Waals surface area contributed by atoms with Crippen LogP contribution in [0.1, 0.15) is 77.6 Å². The van der Waals surface area contributed by atoms with Gasteiger partial charge >= 0.3 is 0 Å². The summed E-state index contributed by atoms with van der Waals surface area (Å²) < 4.78 is 0. The molecule has 8 heteroatoms. The number of carbonyl (C=O) groups excluding carboxylic acids is 4. The van der Waals surface area contributed by atoms with Crippen molar-refractivity contribution in [3.05, 3.63) is 34.9 Å². The van der Waals surface area contributed by atoms with Gasteiger partial charge in [-0.3, -0.25) is 34.3 Å². The first-order valence-electron chi connectivity index (χ1n) is 12.8. The molecule has 4 aliphatic rings. The summed E-state index contributed by atoms with van der Waals surface area (Å²) in [7, 11) is 0. The molecular weight excluding hydrogens is 432 g/mol. The van der Waals surface area contributed by atoms with E-state index in [0.717, 1.165) is 55.0 Å². The van der Waals surface area contributed by atoms with Crippen molar-refractivity contribution in [2.45, 2.75) is 64.0 Å². The van der Waals surface area contributed by atoms with Crippen molar-refractivity contribution in [2.75, 3.05) is 26.2 Å². The molecule has 8 nitrogen and oxygen atoms in total. The lowest BCUT2D eigenvalue weighted by Crippen LogP contribution is -2.54. The van der Waals surface area contributed by atoms with E-state index in [0.29, 0.717) is 11.1 Å². The summed E-state index contributed by atoms with van der Waals surface area (Å²) in [5.74, 6) is -0.0959. The monoisotopic (exact) mass is 466 g/mol. The number of fused-ring (bicyclic) bond motifs is 1. The maximum Gasteiger partial charge on any atom is 0.262 e. The first-order valence-corrected chi connectivity index (χ1v) is 12.8. The quantitative estimate of drug-likeness (QED) is 0.660. The molecule has 1 atom stereocenters. The van der Waals surface area contributed by atoms with Crippen LogP contribution >= 0.6 is 0 Å². The summed E-state index contributed by atoms with van der Waals surface area (Å²) in [6.45, 7) is 5.18. The van der Waals surface area contributed by atoms with Crippen LogP contribution in [0.5, 0.6) is 0 Å². The Morgan fingerprint density at radius 3 is 2.21 bits per heavy atom. The maximum atomic E-state index is 13.1. The van der Waals surface area contributed by atoms with Crippen LogP contribution in [0, 0.1) is 11.8 Å². The van der Waals surface area contributed by atoms with Gasteiger partial charge in [0.05, 0.1) is 11.1 Å². The minimum Gasteiger partial charge on any atom is -0.317 e. The third-order valence-corrected chi connectivity index (χ3v) is 8.06. The molecule has 0 bridgehead atoms. The van der Waals surface area contributed by atoms with Crippen LogP contribution in [0.25, 0.3) is 0 Å². The van der Waals surface area contributed by atoms with Crippen LogP contribution in [-0.4, -0.2) is 65.6 Å². The van der Waals surface area contributed by atoms with Crippen LogP contribution in [0.2, 0.25) is 0 Å². The van der Waals surface area contributed by atoms with Gasteiger partial charge in [0.2, 0.25) is 11.8 Å². The molecule has 3 saturated heterocycles. The number of nitrogens with zero attached hydrogens (tertiary/aromatic N) is 2. The Balaban J connectivity index is 1.22. The van der Waals surface area contributed by atoms with Gasteiger partial charge in [-0.25, -0.2) is 0 Å². The minimum absolute atomic E-state index is 0.127. The number of hydrogen-bond donors (Lipinski definition) is 2. The highest BCUT2D eigenvalue weighted by Gasteiger charge is 2.44. The number of benzene rings is 1. The Labute approximate surface area is 200 Å². The van der Waals surface area contributed by atoms with Crippen molar-refractivity contribution in [3.63, 3.8) is 0 Å². The number of likely N-dealkylation sites (tertiary alicyclic amines) is 1. The highest BCUT2D eigenvalue weighted by atomic mass is 16.2. The number of piperidine rings is 2. The molecular formula is C26H34N4O4. The van der Waals surface area contributed by atoms with Crippen molar-refractivity contribution in [1.29, 1.82) is 0 Å². The van der Waals surface area contributed by atoms with Crippen molar-refractivity contribution >= 4 is 23.6 Å². The van der Waals surface area contributed by atoms with Gasteiger partial charge in [-0.2, -0.15) is 0 Å². The Morgan fingerprint density at radius 1 is 0.824 bits per heavy atom. The van der Waals surface area contributed by atoms with E-state index in [9.17, 15) is 19.2 Å². The zero-order valence-corrected chi connectivity index (χ0v) is 19.7. The topological polar surface area (TPSA) is 98.8 Å². The second-order valence-corrected chi connectivity index (χ2v) is 10.2. The molecule has 0 aromatic heterocycles. The maximum absolute atomic E-state index is 13.1. The average Bonchev–Trinajstić information content (AvgIpc) is 3.06. The molecule has 0 aliphatic carbocycles. The van der Waals surface area contributed by atoms with Crippen molar-refractivity contribution in [1.82, 2.24) is 20.4 Å². The molecule has 5 rings (SSSR count). The highest BCUT2D eigenvalue weighted by molar-refractivity contribution is 6.23. The van der Waals surface area contributed by atoms with Crippen LogP contribution in [0.3, 0.4) is 0 Å². The standard InChI is InChI=1S/C26H34N4O4/c31-23-8-7-22(24(32)28-23)30-25(33)20-6-5-17(15-21(20)26(30)34)16-29-13-1-3-18(4-2-14-29)19-9-11-27-12-10-19/h5-6,15,18-19,22,27H,1-4,7-14,16H2,(H,28,31,32). The van der Waals surface area contributed by atoms with E-state index < -0.39 is 23.8 Å². The van der Waals surface area contributed by atoms with Gasteiger partial charge in [-0.05, 0) is 101 Å². The molecule has 2 N–H and O–H groups in total. The van der Waals surface area contributed by atoms with E-state index in [2.05, 4.69) is 15.5 Å². The molecule has 4 heterocycles. The van der Waals surface area contributed by atoms with Crippen molar-refractivity contribution in [2.24, 2.45) is 11.8 Å². The summed E-state index contributed by atoms with van der Waals surface area (Å²) in [4.78, 5) is 53.2. The fourth-order valence-corrected chi connectivity index (χ4v) is 6.23. The van der Waals surface area contributed by atoms with Crippen molar-refractivity contribution in [3.8, 4) is 0 Å². The van der Waals surface area contributed by atoms with Crippen LogP contribution in [-0.2, 0) is 16.1 Å². The minimum atomic E-state index is -0.921. The van der Waals surface area contributed by atoms with Crippen LogP contribution in [0.15, 0.2) is 18.2 Å². The molecule has 1 aromatic carbocycles. The zero-order chi connectivity index (χ0) is 23.7. The Bertz CT molecular complexity index is 977. The number of carbonyl (C=O) groups is 4. The normalized spacial score (nSPS) is 25.8. The average molecular weight is 467 g/mol. The number of rotatable bonds is 4. The summed E-state index contributed by atoms with van der Waals surface area (Å²) in [5.41, 5.74) is 1.72. The van der Waals surface area contributed by atoms with E-state index in [1.165, 1.54) is 38.5 Å². The molecule has 1 aromatic rings. The van der Waals surface area contributed by atoms with E-state index in [1.54, 1.807) is 6.07 Å². The number of hydrogen-bond acceptors (Lipinski definition) is 6. The number of amides is 4. The Kier molecular flexibility index (Phi) is 6.79. The summed E-state index contributed by atoms with van der Waals surface area (Å²) in [6, 6.07) is 4.54. The Morgan fingerprint density at radius 2 is 1.50 bits per heavy atom. The van der Waals surface area contributed by atoms with Gasteiger partial charge in [-0.15, -0.1) is 0 Å². The molecule has 0 radical (unpaired) electrons. The Hall–Kier alpha value is -2.58. The third kappa shape index (κ3) is 4.66. The van der Waals surface area contributed by atoms with Crippen molar-refractivity contribution < 1.29 is 19.2 Å². The van der Waals surface area contributed by atoms with E-state index in [1.807, 2.05) is 12.1 Å². The molecule has 4 aliphatic heterocycles. The van der Waals surface area contributed by atoms with Gasteiger partial charge in [0.25, 0.3) is 11.8 Å². The fourth-order valence-electron chi connectivity index (χ4n) is 6.23. The number of nitrogens with one attached hydrogen (secondary N) is 2. The van der Waals surface area contributed by atoms with Gasteiger partial charge in [0, 0.05) is 13.0 Å². The highest BCUT2D eigenvalue weighted by Crippen LogP contribution is 2.32. The SMILES string of the molecule is O=C1CCC(N2C(=O)c3ccc(CN4CCCC(C5CCNCC5)CCC4)cc3C2=O)C(=O)N1. The summed E-state index contributed by atoms with van der Waals surface area (Å²) >= 11 is 0. The summed E-state index contributed by atoms with van der Waals surface area (Å²) in [6.07, 6.45) is 7.90. The molecule has 4 amide bonds. The van der Waals surface area contributed by atoms with E-state index in [-0.39, 0.29) is 18.7 Å². The molecule has 0 saturated carbocycles. The predicted molar refractivity (Wildman–Crippen MR) is 126 cm³/mol. The smallest absolute Gasteiger partial charge is 0.262 e. The largest absolute Gasteiger partial charge is 0.317 e. The van der Waals surface area contributed by atoms with E-state index >= 15 is 0 Å². The second-order valence-electron chi connectivity index (χ2n) is 10.2. The van der Waals surface area contributed by atoms with Gasteiger partial charge in [0.15, 0.2) is 0 Å². The first kappa shape index (κ1) is 23.2. The molecule has 1 unspecified atom stereocenters. The number of imide groups is 2. The van der Waals surface area contributed by atoms with Gasteiger partial charge in [0.1, 0.15) is 6.04 Å². The van der Waals surface area contributed by atoms with Gasteiger partial charge in [-0.1, -0.05) is 6.07 Å². The molecule has 34 heavy (non-hydrogen) atoms. The molecule has 182 valence electrons. The lowest BCUT2D eigenvalue weighted by atomic mass is 9.79. The fraction of sp³-hybridized carbons (Fsp3) is 0.615. The second kappa shape index (κ2) is 9.96. The van der Waals surface area contributed by atoms with Gasteiger partial charge < -0.3 is 5.32 Å². The summed E-state index contributed by atoms with van der Waals surface area (Å²) in [5, 5.41) is 5.72. The molecule has 0 spiro atoms. The lowest BCUT2D eigenvalue weighted by Gasteiger charge is -2.34. The lowest BCUT2D eigenvalue weighted by molar-refractivity contribution is -0.136. The zero-order valence-electron chi connectivity index (χ0n) is 19.7. The van der Waals surface area contributed by atoms with Crippen LogP contribution in [0.4, 0.5) is 0 Å². The van der Waals surface area contributed by atoms with E-state index in [4.69, 9.17) is 0 Å².